The fraction of sp³-hybridized carbons (Fsp3) is 0.381. The van der Waals surface area contributed by atoms with Crippen LogP contribution in [0.1, 0.15) is 62.9 Å². The second-order valence-corrected chi connectivity index (χ2v) is 8.10. The number of nitrogens with zero attached hydrogens (tertiary/aromatic N) is 1. The number of benzene rings is 1. The fourth-order valence-corrected chi connectivity index (χ4v) is 4.61. The average Bonchev–Trinajstić information content (AvgIpc) is 2.99. The van der Waals surface area contributed by atoms with Gasteiger partial charge in [0.25, 0.3) is 11.8 Å². The Morgan fingerprint density at radius 3 is 2.54 bits per heavy atom. The zero-order valence-electron chi connectivity index (χ0n) is 16.2. The van der Waals surface area contributed by atoms with Crippen LogP contribution >= 0.6 is 11.3 Å². The number of nitrogens with one attached hydrogen (secondary N) is 1. The number of piperidine rings is 1. The van der Waals surface area contributed by atoms with Crippen LogP contribution in [0.3, 0.4) is 0 Å². The molecule has 3 rings (SSSR count). The van der Waals surface area contributed by atoms with Crippen molar-refractivity contribution >= 4 is 34.1 Å². The fourth-order valence-electron chi connectivity index (χ4n) is 3.47. The van der Waals surface area contributed by atoms with Crippen LogP contribution in [0.5, 0.6) is 0 Å². The standard InChI is InChI=1S/C21H25N3O3S/c1-3-16-13(2)18(19(22)26)21(28-16)23-20(27)15-9-7-14(8-10-15)12-24-11-5-4-6-17(24)25/h7-10H,3-6,11-12H2,1-2H3,(H2,22,26)(H,23,27). The van der Waals surface area contributed by atoms with Crippen molar-refractivity contribution in [2.75, 3.05) is 11.9 Å². The Morgan fingerprint density at radius 2 is 1.93 bits per heavy atom. The normalized spacial score (nSPS) is 14.2. The number of anilines is 1. The van der Waals surface area contributed by atoms with Gasteiger partial charge in [-0.1, -0.05) is 19.1 Å². The van der Waals surface area contributed by atoms with Gasteiger partial charge in [-0.2, -0.15) is 0 Å². The SMILES string of the molecule is CCc1sc(NC(=O)c2ccc(CN3CCCCC3=O)cc2)c(C(N)=O)c1C. The quantitative estimate of drug-likeness (QED) is 0.779. The van der Waals surface area contributed by atoms with Gasteiger partial charge < -0.3 is 16.0 Å². The zero-order chi connectivity index (χ0) is 20.3. The van der Waals surface area contributed by atoms with E-state index in [4.69, 9.17) is 5.73 Å². The predicted molar refractivity (Wildman–Crippen MR) is 111 cm³/mol. The summed E-state index contributed by atoms with van der Waals surface area (Å²) in [5.41, 5.74) is 8.20. The Kier molecular flexibility index (Phi) is 6.14. The minimum absolute atomic E-state index is 0.187. The number of nitrogens with two attached hydrogens (primary N) is 1. The van der Waals surface area contributed by atoms with Gasteiger partial charge in [0.2, 0.25) is 5.91 Å². The van der Waals surface area contributed by atoms with Gasteiger partial charge in [-0.15, -0.1) is 11.3 Å². The molecule has 28 heavy (non-hydrogen) atoms. The van der Waals surface area contributed by atoms with E-state index in [1.807, 2.05) is 30.9 Å². The monoisotopic (exact) mass is 399 g/mol. The van der Waals surface area contributed by atoms with Gasteiger partial charge in [-0.05, 0) is 49.4 Å². The van der Waals surface area contributed by atoms with E-state index in [1.54, 1.807) is 12.1 Å². The maximum Gasteiger partial charge on any atom is 0.256 e. The highest BCUT2D eigenvalue weighted by Gasteiger charge is 2.21. The molecule has 1 aliphatic rings. The van der Waals surface area contributed by atoms with Crippen molar-refractivity contribution in [2.45, 2.75) is 46.1 Å². The molecule has 1 aliphatic heterocycles. The molecular formula is C21H25N3O3S. The van der Waals surface area contributed by atoms with Crippen LogP contribution in [-0.2, 0) is 17.8 Å². The summed E-state index contributed by atoms with van der Waals surface area (Å²) in [6.45, 7) is 5.20. The van der Waals surface area contributed by atoms with Crippen molar-refractivity contribution < 1.29 is 14.4 Å². The summed E-state index contributed by atoms with van der Waals surface area (Å²) >= 11 is 1.39. The van der Waals surface area contributed by atoms with Crippen LogP contribution in [-0.4, -0.2) is 29.2 Å². The topological polar surface area (TPSA) is 92.5 Å². The second kappa shape index (κ2) is 8.56. The lowest BCUT2D eigenvalue weighted by atomic mass is 10.1. The predicted octanol–water partition coefficient (Wildman–Crippen LogP) is 3.48. The van der Waals surface area contributed by atoms with E-state index >= 15 is 0 Å². The van der Waals surface area contributed by atoms with Crippen LogP contribution < -0.4 is 11.1 Å². The molecule has 0 aliphatic carbocycles. The van der Waals surface area contributed by atoms with Crippen molar-refractivity contribution in [1.29, 1.82) is 0 Å². The molecule has 1 fully saturated rings. The minimum Gasteiger partial charge on any atom is -0.365 e. The molecule has 148 valence electrons. The third-order valence-corrected chi connectivity index (χ3v) is 6.40. The van der Waals surface area contributed by atoms with Crippen LogP contribution in [0.2, 0.25) is 0 Å². The highest BCUT2D eigenvalue weighted by Crippen LogP contribution is 2.33. The van der Waals surface area contributed by atoms with E-state index in [0.29, 0.717) is 29.1 Å². The second-order valence-electron chi connectivity index (χ2n) is 7.00. The molecule has 2 heterocycles. The number of primary amides is 1. The molecular weight excluding hydrogens is 374 g/mol. The molecule has 1 aromatic heterocycles. The maximum atomic E-state index is 12.6. The molecule has 0 spiro atoms. The molecule has 2 aromatic rings. The van der Waals surface area contributed by atoms with Gasteiger partial charge >= 0.3 is 0 Å². The first-order chi connectivity index (χ1) is 13.4. The number of hydrogen-bond donors (Lipinski definition) is 2. The van der Waals surface area contributed by atoms with E-state index < -0.39 is 5.91 Å². The summed E-state index contributed by atoms with van der Waals surface area (Å²) in [5, 5.41) is 3.32. The molecule has 0 bridgehead atoms. The van der Waals surface area contributed by atoms with Crippen molar-refractivity contribution in [3.05, 3.63) is 51.4 Å². The molecule has 0 saturated carbocycles. The summed E-state index contributed by atoms with van der Waals surface area (Å²) < 4.78 is 0. The lowest BCUT2D eigenvalue weighted by Crippen LogP contribution is -2.34. The van der Waals surface area contributed by atoms with Crippen molar-refractivity contribution in [2.24, 2.45) is 5.73 Å². The van der Waals surface area contributed by atoms with E-state index in [9.17, 15) is 14.4 Å². The first-order valence-electron chi connectivity index (χ1n) is 9.50. The minimum atomic E-state index is -0.537. The summed E-state index contributed by atoms with van der Waals surface area (Å²) in [4.78, 5) is 39.3. The van der Waals surface area contributed by atoms with Crippen LogP contribution in [0.25, 0.3) is 0 Å². The molecule has 3 N–H and O–H groups in total. The van der Waals surface area contributed by atoms with E-state index in [-0.39, 0.29) is 11.8 Å². The lowest BCUT2D eigenvalue weighted by Gasteiger charge is -2.26. The molecule has 6 nitrogen and oxygen atoms in total. The molecule has 0 radical (unpaired) electrons. The van der Waals surface area contributed by atoms with Gasteiger partial charge in [0.1, 0.15) is 5.00 Å². The number of carbonyl (C=O) groups is 3. The summed E-state index contributed by atoms with van der Waals surface area (Å²) in [5.74, 6) is -0.635. The largest absolute Gasteiger partial charge is 0.365 e. The number of aryl methyl sites for hydroxylation is 1. The van der Waals surface area contributed by atoms with Gasteiger partial charge in [0.15, 0.2) is 0 Å². The number of thiophene rings is 1. The Labute approximate surface area is 168 Å². The average molecular weight is 400 g/mol. The number of likely N-dealkylation sites (tertiary alicyclic amines) is 1. The molecule has 1 aromatic carbocycles. The Bertz CT molecular complexity index is 902. The molecule has 1 saturated heterocycles. The van der Waals surface area contributed by atoms with Crippen molar-refractivity contribution in [3.8, 4) is 0 Å². The van der Waals surface area contributed by atoms with Gasteiger partial charge in [-0.25, -0.2) is 0 Å². The van der Waals surface area contributed by atoms with E-state index in [0.717, 1.165) is 41.8 Å². The highest BCUT2D eigenvalue weighted by molar-refractivity contribution is 7.17. The van der Waals surface area contributed by atoms with Crippen LogP contribution in [0.15, 0.2) is 24.3 Å². The molecule has 3 amide bonds. The number of carbonyl (C=O) groups excluding carboxylic acids is 3. The Balaban J connectivity index is 1.72. The molecule has 7 heteroatoms. The molecule has 0 atom stereocenters. The third-order valence-electron chi connectivity index (χ3n) is 5.05. The Morgan fingerprint density at radius 1 is 1.21 bits per heavy atom. The first kappa shape index (κ1) is 20.1. The van der Waals surface area contributed by atoms with E-state index in [2.05, 4.69) is 5.32 Å². The van der Waals surface area contributed by atoms with Gasteiger partial charge in [0, 0.05) is 30.0 Å². The van der Waals surface area contributed by atoms with Crippen molar-refractivity contribution in [3.63, 3.8) is 0 Å². The molecule has 0 unspecified atom stereocenters. The zero-order valence-corrected chi connectivity index (χ0v) is 17.0. The van der Waals surface area contributed by atoms with Gasteiger partial charge in [-0.3, -0.25) is 14.4 Å². The summed E-state index contributed by atoms with van der Waals surface area (Å²) in [7, 11) is 0. The Hall–Kier alpha value is -2.67. The smallest absolute Gasteiger partial charge is 0.256 e. The van der Waals surface area contributed by atoms with E-state index in [1.165, 1.54) is 11.3 Å². The summed E-state index contributed by atoms with van der Waals surface area (Å²) in [6, 6.07) is 7.21. The third kappa shape index (κ3) is 4.25. The van der Waals surface area contributed by atoms with Crippen LogP contribution in [0, 0.1) is 6.92 Å². The number of hydrogen-bond acceptors (Lipinski definition) is 4. The number of amides is 3. The summed E-state index contributed by atoms with van der Waals surface area (Å²) in [6.07, 6.45) is 3.39. The lowest BCUT2D eigenvalue weighted by molar-refractivity contribution is -0.133. The van der Waals surface area contributed by atoms with Crippen molar-refractivity contribution in [1.82, 2.24) is 4.90 Å². The number of rotatable bonds is 6. The van der Waals surface area contributed by atoms with Gasteiger partial charge in [0.05, 0.1) is 5.56 Å². The highest BCUT2D eigenvalue weighted by atomic mass is 32.1. The van der Waals surface area contributed by atoms with Crippen LogP contribution in [0.4, 0.5) is 5.00 Å². The first-order valence-corrected chi connectivity index (χ1v) is 10.3. The maximum absolute atomic E-state index is 12.6.